The summed E-state index contributed by atoms with van der Waals surface area (Å²) in [5.41, 5.74) is 3.79. The van der Waals surface area contributed by atoms with Gasteiger partial charge in [0.2, 0.25) is 23.8 Å². The van der Waals surface area contributed by atoms with Crippen molar-refractivity contribution in [3.05, 3.63) is 47.4 Å². The number of halogens is 1. The second-order valence-electron chi connectivity index (χ2n) is 8.95. The molecule has 2 aliphatic carbocycles. The maximum absolute atomic E-state index is 13.1. The Morgan fingerprint density at radius 1 is 1.09 bits per heavy atom. The van der Waals surface area contributed by atoms with Crippen LogP contribution in [0, 0.1) is 5.95 Å². The molecule has 3 N–H and O–H groups in total. The average Bonchev–Trinajstić information content (AvgIpc) is 3.20. The van der Waals surface area contributed by atoms with Gasteiger partial charge in [0.1, 0.15) is 11.9 Å². The minimum absolute atomic E-state index is 0.167. The van der Waals surface area contributed by atoms with E-state index in [1.165, 1.54) is 31.2 Å². The number of carbonyl (C=O) groups excluding carboxylic acids is 1. The molecule has 0 spiro atoms. The van der Waals surface area contributed by atoms with Gasteiger partial charge in [-0.2, -0.15) is 9.37 Å². The number of aromatic amines is 1. The summed E-state index contributed by atoms with van der Waals surface area (Å²) in [6.45, 7) is 0.699. The second kappa shape index (κ2) is 8.09. The zero-order chi connectivity index (χ0) is 22.4. The number of amides is 1. The third kappa shape index (κ3) is 4.01. The molecule has 1 aliphatic heterocycles. The molecular weight excluding hydrogens is 423 g/mol. The Labute approximate surface area is 190 Å². The van der Waals surface area contributed by atoms with Crippen LogP contribution in [0.3, 0.4) is 0 Å². The summed E-state index contributed by atoms with van der Waals surface area (Å²) >= 11 is 0. The van der Waals surface area contributed by atoms with Gasteiger partial charge in [-0.05, 0) is 57.1 Å². The lowest BCUT2D eigenvalue weighted by Gasteiger charge is -2.25. The van der Waals surface area contributed by atoms with Gasteiger partial charge in [0.25, 0.3) is 0 Å². The van der Waals surface area contributed by atoms with Crippen molar-refractivity contribution in [3.8, 4) is 0 Å². The van der Waals surface area contributed by atoms with Crippen LogP contribution in [0.1, 0.15) is 55.0 Å². The van der Waals surface area contributed by atoms with Crippen molar-refractivity contribution < 1.29 is 9.18 Å². The Kier molecular flexibility index (Phi) is 4.92. The highest BCUT2D eigenvalue weighted by Gasteiger charge is 2.34. The van der Waals surface area contributed by atoms with Gasteiger partial charge < -0.3 is 20.5 Å². The summed E-state index contributed by atoms with van der Waals surface area (Å²) < 4.78 is 13.1. The molecule has 2 fully saturated rings. The first-order valence-electron chi connectivity index (χ1n) is 11.5. The number of aromatic nitrogens is 5. The van der Waals surface area contributed by atoms with Gasteiger partial charge in [-0.1, -0.05) is 0 Å². The topological polar surface area (TPSA) is 112 Å². The van der Waals surface area contributed by atoms with Gasteiger partial charge in [0.15, 0.2) is 0 Å². The van der Waals surface area contributed by atoms with Crippen molar-refractivity contribution in [1.82, 2.24) is 24.9 Å². The predicted molar refractivity (Wildman–Crippen MR) is 121 cm³/mol. The van der Waals surface area contributed by atoms with Crippen LogP contribution < -0.4 is 15.5 Å². The molecule has 1 amide bonds. The van der Waals surface area contributed by atoms with Crippen LogP contribution in [0.25, 0.3) is 0 Å². The summed E-state index contributed by atoms with van der Waals surface area (Å²) in [7, 11) is 0. The zero-order valence-corrected chi connectivity index (χ0v) is 18.1. The summed E-state index contributed by atoms with van der Waals surface area (Å²) in [5.74, 6) is 1.86. The molecule has 0 bridgehead atoms. The minimum Gasteiger partial charge on any atom is -0.329 e. The molecule has 9 nitrogen and oxygen atoms in total. The number of aryl methyl sites for hydroxylation is 1. The van der Waals surface area contributed by atoms with E-state index in [-0.39, 0.29) is 5.91 Å². The number of anilines is 4. The lowest BCUT2D eigenvalue weighted by Crippen LogP contribution is -2.40. The maximum Gasteiger partial charge on any atom is 0.247 e. The number of carbonyl (C=O) groups is 1. The number of nitrogens with zero attached hydrogens (tertiary/aromatic N) is 5. The lowest BCUT2D eigenvalue weighted by molar-refractivity contribution is -0.117. The molecule has 1 saturated carbocycles. The van der Waals surface area contributed by atoms with E-state index in [4.69, 9.17) is 9.97 Å². The van der Waals surface area contributed by atoms with Crippen molar-refractivity contribution in [3.63, 3.8) is 0 Å². The van der Waals surface area contributed by atoms with Gasteiger partial charge in [0, 0.05) is 23.7 Å². The fourth-order valence-corrected chi connectivity index (χ4v) is 4.72. The van der Waals surface area contributed by atoms with Crippen LogP contribution in [0.5, 0.6) is 0 Å². The molecule has 0 radical (unpaired) electrons. The van der Waals surface area contributed by atoms with E-state index >= 15 is 0 Å². The van der Waals surface area contributed by atoms with E-state index in [0.717, 1.165) is 48.5 Å². The SMILES string of the molecule is O=C(Nc1ccc(F)nc1)[C@@H]1CCCN1c1nc2c(c(Nc3ncc(C4CC4)[nH]3)n1)CCC2. The summed E-state index contributed by atoms with van der Waals surface area (Å²) in [6.07, 6.45) is 10.1. The fourth-order valence-electron chi connectivity index (χ4n) is 4.72. The maximum atomic E-state index is 13.1. The zero-order valence-electron chi connectivity index (χ0n) is 18.1. The van der Waals surface area contributed by atoms with Crippen molar-refractivity contribution in [2.75, 3.05) is 22.1 Å². The van der Waals surface area contributed by atoms with Crippen molar-refractivity contribution in [1.29, 1.82) is 0 Å². The summed E-state index contributed by atoms with van der Waals surface area (Å²) in [4.78, 5) is 36.1. The van der Waals surface area contributed by atoms with E-state index in [1.54, 1.807) is 0 Å². The number of imidazole rings is 1. The highest BCUT2D eigenvalue weighted by atomic mass is 19.1. The number of rotatable bonds is 6. The molecule has 0 aromatic carbocycles. The van der Waals surface area contributed by atoms with E-state index in [9.17, 15) is 9.18 Å². The Balaban J connectivity index is 1.25. The number of hydrogen-bond donors (Lipinski definition) is 3. The van der Waals surface area contributed by atoms with Crippen LogP contribution in [-0.4, -0.2) is 43.4 Å². The molecule has 10 heteroatoms. The number of pyridine rings is 1. The summed E-state index contributed by atoms with van der Waals surface area (Å²) in [5, 5.41) is 6.21. The Morgan fingerprint density at radius 2 is 2.00 bits per heavy atom. The first-order valence-corrected chi connectivity index (χ1v) is 11.5. The van der Waals surface area contributed by atoms with Gasteiger partial charge >= 0.3 is 0 Å². The number of hydrogen-bond acceptors (Lipinski definition) is 7. The van der Waals surface area contributed by atoms with Crippen LogP contribution >= 0.6 is 0 Å². The quantitative estimate of drug-likeness (QED) is 0.495. The molecule has 1 saturated heterocycles. The largest absolute Gasteiger partial charge is 0.329 e. The molecule has 33 heavy (non-hydrogen) atoms. The average molecular weight is 449 g/mol. The van der Waals surface area contributed by atoms with Crippen LogP contribution in [-0.2, 0) is 17.6 Å². The van der Waals surface area contributed by atoms with Crippen molar-refractivity contribution in [2.45, 2.75) is 56.9 Å². The lowest BCUT2D eigenvalue weighted by atomic mass is 10.2. The minimum atomic E-state index is -0.581. The van der Waals surface area contributed by atoms with E-state index < -0.39 is 12.0 Å². The van der Waals surface area contributed by atoms with Gasteiger partial charge in [0.05, 0.1) is 23.8 Å². The van der Waals surface area contributed by atoms with Gasteiger partial charge in [-0.3, -0.25) is 4.79 Å². The third-order valence-corrected chi connectivity index (χ3v) is 6.58. The Morgan fingerprint density at radius 3 is 2.82 bits per heavy atom. The van der Waals surface area contributed by atoms with E-state index in [0.29, 0.717) is 36.5 Å². The van der Waals surface area contributed by atoms with Crippen LogP contribution in [0.15, 0.2) is 24.5 Å². The van der Waals surface area contributed by atoms with Gasteiger partial charge in [-0.15, -0.1) is 0 Å². The normalized spacial score (nSPS) is 19.5. The number of nitrogens with one attached hydrogen (secondary N) is 3. The second-order valence-corrected chi connectivity index (χ2v) is 8.95. The number of fused-ring (bicyclic) bond motifs is 1. The van der Waals surface area contributed by atoms with Crippen LogP contribution in [0.2, 0.25) is 0 Å². The van der Waals surface area contributed by atoms with Gasteiger partial charge in [-0.25, -0.2) is 15.0 Å². The van der Waals surface area contributed by atoms with E-state index in [2.05, 4.69) is 25.6 Å². The molecule has 170 valence electrons. The summed E-state index contributed by atoms with van der Waals surface area (Å²) in [6, 6.07) is 2.34. The molecule has 3 aromatic rings. The highest BCUT2D eigenvalue weighted by Crippen LogP contribution is 2.39. The monoisotopic (exact) mass is 448 g/mol. The molecule has 0 unspecified atom stereocenters. The highest BCUT2D eigenvalue weighted by molar-refractivity contribution is 5.96. The molecule has 4 heterocycles. The fraction of sp³-hybridized carbons (Fsp3) is 0.435. The van der Waals surface area contributed by atoms with E-state index in [1.807, 2.05) is 11.1 Å². The molecule has 1 atom stereocenters. The smallest absolute Gasteiger partial charge is 0.247 e. The molecule has 3 aliphatic rings. The predicted octanol–water partition coefficient (Wildman–Crippen LogP) is 3.45. The van der Waals surface area contributed by atoms with Crippen molar-refractivity contribution >= 4 is 29.3 Å². The first-order chi connectivity index (χ1) is 16.1. The molecular formula is C23H25FN8O. The number of H-pyrrole nitrogens is 1. The molecule has 3 aromatic heterocycles. The van der Waals surface area contributed by atoms with Crippen molar-refractivity contribution in [2.24, 2.45) is 0 Å². The Hall–Kier alpha value is -3.56. The van der Waals surface area contributed by atoms with Crippen LogP contribution in [0.4, 0.5) is 27.8 Å². The standard InChI is InChI=1S/C23H25FN8O/c24-19-9-8-14(11-25-19)27-21(33)18-5-2-10-32(18)23-29-16-4-1-3-15(16)20(31-23)30-22-26-12-17(28-22)13-6-7-13/h8-9,11-13,18H,1-7,10H2,(H,27,33)(H2,26,28,29,30,31)/t18-/m0/s1. The third-order valence-electron chi connectivity index (χ3n) is 6.58. The first kappa shape index (κ1) is 20.1. The molecule has 6 rings (SSSR count). The Bertz CT molecular complexity index is 1190.